The van der Waals surface area contributed by atoms with Crippen molar-refractivity contribution in [3.8, 4) is 11.5 Å². The van der Waals surface area contributed by atoms with Gasteiger partial charge in [-0.3, -0.25) is 4.90 Å². The summed E-state index contributed by atoms with van der Waals surface area (Å²) >= 11 is 7.54. The van der Waals surface area contributed by atoms with E-state index in [0.29, 0.717) is 19.4 Å². The highest BCUT2D eigenvalue weighted by Gasteiger charge is 2.25. The Morgan fingerprint density at radius 1 is 1.03 bits per heavy atom. The van der Waals surface area contributed by atoms with Gasteiger partial charge >= 0.3 is 0 Å². The van der Waals surface area contributed by atoms with E-state index < -0.39 is 0 Å². The summed E-state index contributed by atoms with van der Waals surface area (Å²) in [7, 11) is 0. The Balaban J connectivity index is 1.15. The molecular weight excluding hydrogens is 434 g/mol. The molecule has 162 valence electrons. The van der Waals surface area contributed by atoms with E-state index in [1.165, 1.54) is 5.56 Å². The van der Waals surface area contributed by atoms with Gasteiger partial charge in [-0.1, -0.05) is 41.1 Å². The summed E-state index contributed by atoms with van der Waals surface area (Å²) in [5.74, 6) is 1.67. The van der Waals surface area contributed by atoms with Gasteiger partial charge in [0.05, 0.1) is 0 Å². The van der Waals surface area contributed by atoms with Crippen LogP contribution < -0.4 is 19.7 Å². The van der Waals surface area contributed by atoms with Gasteiger partial charge in [0.2, 0.25) is 17.1 Å². The molecule has 2 aliphatic rings. The largest absolute Gasteiger partial charge is 0.454 e. The molecule has 2 aliphatic heterocycles. The maximum Gasteiger partial charge on any atom is 0.231 e. The third kappa shape index (κ3) is 4.56. The molecule has 0 saturated carbocycles. The topological polar surface area (TPSA) is 62.8 Å². The molecule has 1 atom stereocenters. The number of anilines is 2. The average Bonchev–Trinajstić information content (AvgIpc) is 3.47. The van der Waals surface area contributed by atoms with E-state index in [1.807, 2.05) is 30.3 Å². The summed E-state index contributed by atoms with van der Waals surface area (Å²) < 4.78 is 11.0. The molecule has 9 heteroatoms. The van der Waals surface area contributed by atoms with E-state index in [-0.39, 0.29) is 0 Å². The van der Waals surface area contributed by atoms with Crippen LogP contribution in [-0.4, -0.2) is 48.1 Å². The van der Waals surface area contributed by atoms with Crippen molar-refractivity contribution in [1.82, 2.24) is 15.1 Å². The second-order valence-electron chi connectivity index (χ2n) is 7.68. The average molecular weight is 458 g/mol. The number of piperazine rings is 1. The minimum absolute atomic E-state index is 0.310. The van der Waals surface area contributed by atoms with E-state index in [4.69, 9.17) is 21.1 Å². The molecule has 31 heavy (non-hydrogen) atoms. The van der Waals surface area contributed by atoms with Crippen molar-refractivity contribution in [3.63, 3.8) is 0 Å². The third-order valence-corrected chi connectivity index (χ3v) is 6.98. The molecule has 2 aromatic carbocycles. The Bertz CT molecular complexity index is 1040. The van der Waals surface area contributed by atoms with E-state index in [9.17, 15) is 0 Å². The third-order valence-electron chi connectivity index (χ3n) is 5.78. The van der Waals surface area contributed by atoms with Crippen LogP contribution in [-0.2, 0) is 6.54 Å². The highest BCUT2D eigenvalue weighted by atomic mass is 35.5. The Morgan fingerprint density at radius 2 is 1.81 bits per heavy atom. The van der Waals surface area contributed by atoms with Crippen molar-refractivity contribution in [1.29, 1.82) is 0 Å². The number of hydrogen-bond acceptors (Lipinski definition) is 8. The summed E-state index contributed by atoms with van der Waals surface area (Å²) in [4.78, 5) is 4.81. The smallest absolute Gasteiger partial charge is 0.231 e. The van der Waals surface area contributed by atoms with Gasteiger partial charge in [-0.05, 0) is 42.3 Å². The summed E-state index contributed by atoms with van der Waals surface area (Å²) in [6.45, 7) is 7.07. The van der Waals surface area contributed by atoms with E-state index in [2.05, 4.69) is 44.4 Å². The lowest BCUT2D eigenvalue weighted by atomic mass is 10.1. The standard InChI is InChI=1S/C22H24ClN5O2S/c1-15(17-4-7-19-20(12-17)30-14-29-19)27-8-10-28(11-9-27)22-26-25-21(31-22)24-13-16-2-5-18(23)6-3-16/h2-7,12,15H,8-11,13-14H2,1H3,(H,24,25). The Morgan fingerprint density at radius 3 is 2.61 bits per heavy atom. The van der Waals surface area contributed by atoms with Crippen LogP contribution in [0, 0.1) is 0 Å². The zero-order chi connectivity index (χ0) is 21.2. The molecule has 7 nitrogen and oxygen atoms in total. The van der Waals surface area contributed by atoms with E-state index in [1.54, 1.807) is 11.3 Å². The molecule has 0 amide bonds. The van der Waals surface area contributed by atoms with Gasteiger partial charge in [-0.15, -0.1) is 10.2 Å². The van der Waals surface area contributed by atoms with Crippen molar-refractivity contribution in [2.45, 2.75) is 19.5 Å². The van der Waals surface area contributed by atoms with Crippen molar-refractivity contribution in [2.24, 2.45) is 0 Å². The fourth-order valence-electron chi connectivity index (χ4n) is 3.88. The lowest BCUT2D eigenvalue weighted by molar-refractivity contribution is 0.173. The monoisotopic (exact) mass is 457 g/mol. The summed E-state index contributed by atoms with van der Waals surface area (Å²) in [5.41, 5.74) is 2.41. The van der Waals surface area contributed by atoms with Crippen LogP contribution in [0.3, 0.4) is 0 Å². The highest BCUT2D eigenvalue weighted by Crippen LogP contribution is 2.36. The first-order valence-corrected chi connectivity index (χ1v) is 11.6. The van der Waals surface area contributed by atoms with Gasteiger partial charge in [0.25, 0.3) is 0 Å². The number of halogens is 1. The molecule has 0 bridgehead atoms. The minimum Gasteiger partial charge on any atom is -0.454 e. The van der Waals surface area contributed by atoms with Gasteiger partial charge in [-0.25, -0.2) is 0 Å². The van der Waals surface area contributed by atoms with E-state index in [0.717, 1.165) is 58.5 Å². The van der Waals surface area contributed by atoms with Crippen LogP contribution in [0.4, 0.5) is 10.3 Å². The van der Waals surface area contributed by atoms with Crippen molar-refractivity contribution < 1.29 is 9.47 Å². The normalized spacial score (nSPS) is 17.0. The second kappa shape index (κ2) is 8.90. The number of rotatable bonds is 6. The molecule has 0 radical (unpaired) electrons. The van der Waals surface area contributed by atoms with Crippen LogP contribution in [0.2, 0.25) is 5.02 Å². The number of nitrogens with one attached hydrogen (secondary N) is 1. The van der Waals surface area contributed by atoms with Crippen LogP contribution in [0.5, 0.6) is 11.5 Å². The molecule has 0 aliphatic carbocycles. The minimum atomic E-state index is 0.310. The fourth-order valence-corrected chi connectivity index (χ4v) is 4.80. The molecule has 1 fully saturated rings. The van der Waals surface area contributed by atoms with Crippen LogP contribution in [0.25, 0.3) is 0 Å². The Hall–Kier alpha value is -2.55. The zero-order valence-corrected chi connectivity index (χ0v) is 18.8. The number of ether oxygens (including phenoxy) is 2. The van der Waals surface area contributed by atoms with Gasteiger partial charge in [0.15, 0.2) is 11.5 Å². The molecule has 3 heterocycles. The fraction of sp³-hybridized carbons (Fsp3) is 0.364. The lowest BCUT2D eigenvalue weighted by Gasteiger charge is -2.38. The molecule has 3 aromatic rings. The van der Waals surface area contributed by atoms with Crippen LogP contribution in [0.1, 0.15) is 24.1 Å². The highest BCUT2D eigenvalue weighted by molar-refractivity contribution is 7.19. The molecule has 1 N–H and O–H groups in total. The SMILES string of the molecule is CC(c1ccc2c(c1)OCO2)N1CCN(c2nnc(NCc3ccc(Cl)cc3)s2)CC1. The number of fused-ring (bicyclic) bond motifs is 1. The molecule has 0 spiro atoms. The first kappa shape index (κ1) is 20.4. The van der Waals surface area contributed by atoms with E-state index >= 15 is 0 Å². The van der Waals surface area contributed by atoms with Crippen LogP contribution in [0.15, 0.2) is 42.5 Å². The van der Waals surface area contributed by atoms with Gasteiger partial charge < -0.3 is 19.7 Å². The zero-order valence-electron chi connectivity index (χ0n) is 17.3. The quantitative estimate of drug-likeness (QED) is 0.588. The molecule has 1 saturated heterocycles. The Labute approximate surface area is 190 Å². The van der Waals surface area contributed by atoms with Gasteiger partial charge in [0, 0.05) is 43.8 Å². The predicted octanol–water partition coefficient (Wildman–Crippen LogP) is 4.42. The molecule has 1 aromatic heterocycles. The second-order valence-corrected chi connectivity index (χ2v) is 9.07. The first-order chi connectivity index (χ1) is 15.2. The maximum absolute atomic E-state index is 5.94. The first-order valence-electron chi connectivity index (χ1n) is 10.4. The molecule has 1 unspecified atom stereocenters. The predicted molar refractivity (Wildman–Crippen MR) is 123 cm³/mol. The van der Waals surface area contributed by atoms with Crippen molar-refractivity contribution in [3.05, 3.63) is 58.6 Å². The van der Waals surface area contributed by atoms with Crippen molar-refractivity contribution >= 4 is 33.2 Å². The lowest BCUT2D eigenvalue weighted by Crippen LogP contribution is -2.47. The number of hydrogen-bond donors (Lipinski definition) is 1. The number of aromatic nitrogens is 2. The summed E-state index contributed by atoms with van der Waals surface area (Å²) in [6, 6.07) is 14.4. The summed E-state index contributed by atoms with van der Waals surface area (Å²) in [5, 5.41) is 14.6. The van der Waals surface area contributed by atoms with Gasteiger partial charge in [0.1, 0.15) is 0 Å². The number of nitrogens with zero attached hydrogens (tertiary/aromatic N) is 4. The Kier molecular flexibility index (Phi) is 5.85. The molecule has 5 rings (SSSR count). The number of benzene rings is 2. The van der Waals surface area contributed by atoms with Gasteiger partial charge in [-0.2, -0.15) is 0 Å². The molecular formula is C22H24ClN5O2S. The van der Waals surface area contributed by atoms with Crippen LogP contribution >= 0.6 is 22.9 Å². The summed E-state index contributed by atoms with van der Waals surface area (Å²) in [6.07, 6.45) is 0. The maximum atomic E-state index is 5.94. The van der Waals surface area contributed by atoms with Crippen molar-refractivity contribution in [2.75, 3.05) is 43.2 Å².